The zero-order valence-electron chi connectivity index (χ0n) is 27.1. The highest BCUT2D eigenvalue weighted by Gasteiger charge is 2.30. The second-order valence-electron chi connectivity index (χ2n) is 11.2. The van der Waals surface area contributed by atoms with Gasteiger partial charge in [-0.25, -0.2) is 13.4 Å². The van der Waals surface area contributed by atoms with E-state index >= 15 is 0 Å². The van der Waals surface area contributed by atoms with E-state index in [0.717, 1.165) is 19.5 Å². The molecule has 0 radical (unpaired) electrons. The average Bonchev–Trinajstić information content (AvgIpc) is 3.36. The summed E-state index contributed by atoms with van der Waals surface area (Å²) >= 11 is 0. The SMILES string of the molecule is CCCc1nn(C)c2c(=O)[nH]c(-c3cc(S(=O)(=O)N4CCN(CCC(=O)OCCN5CCOCC5)CC4)ccc3OCC)nc12.Cl.Cl. The molecule has 2 aliphatic heterocycles. The number of rotatable bonds is 13. The number of sulfonamides is 1. The summed E-state index contributed by atoms with van der Waals surface area (Å²) in [4.78, 5) is 37.3. The fourth-order valence-electron chi connectivity index (χ4n) is 5.69. The van der Waals surface area contributed by atoms with Crippen LogP contribution in [-0.2, 0) is 37.8 Å². The number of esters is 1. The Bertz CT molecular complexity index is 1650. The second-order valence-corrected chi connectivity index (χ2v) is 13.1. The molecule has 3 aromatic rings. The molecule has 2 aliphatic rings. The highest BCUT2D eigenvalue weighted by atomic mass is 35.5. The Hall–Kier alpha value is -2.79. The number of aromatic amines is 1. The van der Waals surface area contributed by atoms with Gasteiger partial charge in [-0.15, -0.1) is 24.8 Å². The van der Waals surface area contributed by atoms with Gasteiger partial charge in [0.2, 0.25) is 10.0 Å². The minimum Gasteiger partial charge on any atom is -0.493 e. The van der Waals surface area contributed by atoms with Crippen LogP contribution in [0.3, 0.4) is 0 Å². The number of H-pyrrole nitrogens is 1. The Morgan fingerprint density at radius 3 is 2.40 bits per heavy atom. The summed E-state index contributed by atoms with van der Waals surface area (Å²) in [5.41, 5.74) is 1.59. The maximum atomic E-state index is 13.8. The summed E-state index contributed by atoms with van der Waals surface area (Å²) in [6.45, 7) is 10.4. The van der Waals surface area contributed by atoms with Crippen LogP contribution in [-0.4, -0.2) is 127 Å². The van der Waals surface area contributed by atoms with Gasteiger partial charge >= 0.3 is 5.97 Å². The second kappa shape index (κ2) is 17.6. The summed E-state index contributed by atoms with van der Waals surface area (Å²) in [6.07, 6.45) is 1.74. The summed E-state index contributed by atoms with van der Waals surface area (Å²) in [6, 6.07) is 4.64. The summed E-state index contributed by atoms with van der Waals surface area (Å²) in [5, 5.41) is 4.48. The zero-order chi connectivity index (χ0) is 32.0. The van der Waals surface area contributed by atoms with Crippen LogP contribution in [0.25, 0.3) is 22.4 Å². The van der Waals surface area contributed by atoms with Crippen LogP contribution in [0, 0.1) is 0 Å². The first kappa shape index (κ1) is 38.7. The minimum atomic E-state index is -3.86. The molecule has 2 fully saturated rings. The van der Waals surface area contributed by atoms with Crippen molar-refractivity contribution in [2.75, 3.05) is 78.8 Å². The molecule has 0 spiro atoms. The molecule has 262 valence electrons. The number of carbonyl (C=O) groups is 1. The number of hydrogen-bond acceptors (Lipinski definition) is 11. The van der Waals surface area contributed by atoms with Crippen LogP contribution in [0.15, 0.2) is 27.9 Å². The molecular weight excluding hydrogens is 673 g/mol. The summed E-state index contributed by atoms with van der Waals surface area (Å²) in [5.74, 6) is 0.389. The van der Waals surface area contributed by atoms with Crippen molar-refractivity contribution in [3.05, 3.63) is 34.2 Å². The molecule has 4 heterocycles. The molecule has 5 rings (SSSR count). The average molecular weight is 719 g/mol. The van der Waals surface area contributed by atoms with Crippen molar-refractivity contribution in [1.29, 1.82) is 0 Å². The van der Waals surface area contributed by atoms with Crippen LogP contribution in [0.1, 0.15) is 32.4 Å². The van der Waals surface area contributed by atoms with Crippen LogP contribution >= 0.6 is 24.8 Å². The maximum Gasteiger partial charge on any atom is 0.307 e. The van der Waals surface area contributed by atoms with Crippen LogP contribution < -0.4 is 10.3 Å². The first-order valence-electron chi connectivity index (χ1n) is 15.6. The molecule has 0 unspecified atom stereocenters. The van der Waals surface area contributed by atoms with Crippen molar-refractivity contribution in [2.24, 2.45) is 7.05 Å². The van der Waals surface area contributed by atoms with E-state index in [4.69, 9.17) is 19.2 Å². The smallest absolute Gasteiger partial charge is 0.307 e. The van der Waals surface area contributed by atoms with E-state index in [0.29, 0.717) is 87.1 Å². The van der Waals surface area contributed by atoms with Crippen LogP contribution in [0.5, 0.6) is 5.75 Å². The van der Waals surface area contributed by atoms with Crippen LogP contribution in [0.2, 0.25) is 0 Å². The number of aryl methyl sites for hydroxylation is 2. The van der Waals surface area contributed by atoms with Gasteiger partial charge in [0.1, 0.15) is 23.7 Å². The molecule has 14 nitrogen and oxygen atoms in total. The Morgan fingerprint density at radius 2 is 1.72 bits per heavy atom. The molecule has 1 N–H and O–H groups in total. The molecule has 0 atom stereocenters. The number of hydrogen-bond donors (Lipinski definition) is 1. The Labute approximate surface area is 287 Å². The van der Waals surface area contributed by atoms with E-state index in [1.165, 1.54) is 21.1 Å². The molecule has 1 aromatic carbocycles. The van der Waals surface area contributed by atoms with Crippen molar-refractivity contribution < 1.29 is 27.4 Å². The van der Waals surface area contributed by atoms with Gasteiger partial charge in [-0.3, -0.25) is 19.2 Å². The highest BCUT2D eigenvalue weighted by Crippen LogP contribution is 2.32. The Balaban J connectivity index is 0.00000300. The lowest BCUT2D eigenvalue weighted by molar-refractivity contribution is -0.144. The number of benzene rings is 1. The topological polar surface area (TPSA) is 152 Å². The molecule has 47 heavy (non-hydrogen) atoms. The van der Waals surface area contributed by atoms with Crippen molar-refractivity contribution in [2.45, 2.75) is 38.0 Å². The molecule has 0 amide bonds. The number of morpholine rings is 1. The number of piperazine rings is 1. The Kier molecular flexibility index (Phi) is 14.4. The molecule has 0 bridgehead atoms. The minimum absolute atomic E-state index is 0. The Morgan fingerprint density at radius 1 is 1.02 bits per heavy atom. The van der Waals surface area contributed by atoms with E-state index in [1.54, 1.807) is 13.1 Å². The number of aromatic nitrogens is 4. The molecular formula is C30H45Cl2N7O7S. The standard InChI is InChI=1S/C30H43N7O7S.2ClH/c1-4-6-24-27-28(34(3)33-24)30(39)32-29(31-27)23-21-22(7-8-25(23)43-5-2)45(40,41)37-13-11-35(12-14-37)10-9-26(38)44-20-17-36-15-18-42-19-16-36;;/h7-8,21H,4-6,9-20H2,1-3H3,(H,31,32,39);2*1H. The quantitative estimate of drug-likeness (QED) is 0.259. The zero-order valence-corrected chi connectivity index (χ0v) is 29.6. The number of halogens is 2. The van der Waals surface area contributed by atoms with E-state index in [9.17, 15) is 18.0 Å². The van der Waals surface area contributed by atoms with Gasteiger partial charge < -0.3 is 24.1 Å². The number of fused-ring (bicyclic) bond motifs is 1. The predicted molar refractivity (Wildman–Crippen MR) is 182 cm³/mol. The third-order valence-electron chi connectivity index (χ3n) is 8.13. The number of ether oxygens (including phenoxy) is 3. The van der Waals surface area contributed by atoms with Gasteiger partial charge in [0.15, 0.2) is 5.52 Å². The van der Waals surface area contributed by atoms with Crippen molar-refractivity contribution in [1.82, 2.24) is 33.9 Å². The van der Waals surface area contributed by atoms with Gasteiger partial charge in [0, 0.05) is 59.4 Å². The van der Waals surface area contributed by atoms with Crippen molar-refractivity contribution in [3.8, 4) is 17.1 Å². The lowest BCUT2D eigenvalue weighted by Gasteiger charge is -2.33. The molecule has 17 heteroatoms. The lowest BCUT2D eigenvalue weighted by Crippen LogP contribution is -2.49. The normalized spacial score (nSPS) is 16.4. The van der Waals surface area contributed by atoms with Gasteiger partial charge in [0.05, 0.1) is 42.4 Å². The highest BCUT2D eigenvalue weighted by molar-refractivity contribution is 7.89. The van der Waals surface area contributed by atoms with E-state index < -0.39 is 10.0 Å². The molecule has 0 saturated carbocycles. The summed E-state index contributed by atoms with van der Waals surface area (Å²) in [7, 11) is -2.15. The molecule has 2 saturated heterocycles. The predicted octanol–water partition coefficient (Wildman–Crippen LogP) is 2.09. The van der Waals surface area contributed by atoms with E-state index in [-0.39, 0.29) is 66.6 Å². The van der Waals surface area contributed by atoms with Gasteiger partial charge in [0.25, 0.3) is 5.56 Å². The molecule has 2 aromatic heterocycles. The number of nitrogens with one attached hydrogen (secondary N) is 1. The molecule has 0 aliphatic carbocycles. The van der Waals surface area contributed by atoms with Crippen molar-refractivity contribution in [3.63, 3.8) is 0 Å². The van der Waals surface area contributed by atoms with Gasteiger partial charge in [-0.05, 0) is 31.5 Å². The third kappa shape index (κ3) is 9.22. The van der Waals surface area contributed by atoms with Gasteiger partial charge in [-0.1, -0.05) is 13.3 Å². The monoisotopic (exact) mass is 717 g/mol. The fourth-order valence-corrected chi connectivity index (χ4v) is 7.14. The summed E-state index contributed by atoms with van der Waals surface area (Å²) < 4.78 is 47.0. The maximum absolute atomic E-state index is 13.8. The largest absolute Gasteiger partial charge is 0.493 e. The first-order chi connectivity index (χ1) is 21.7. The third-order valence-corrected chi connectivity index (χ3v) is 10.0. The van der Waals surface area contributed by atoms with Crippen molar-refractivity contribution >= 4 is 51.8 Å². The van der Waals surface area contributed by atoms with E-state index in [2.05, 4.69) is 19.9 Å². The van der Waals surface area contributed by atoms with E-state index in [1.807, 2.05) is 13.8 Å². The number of nitrogens with zero attached hydrogens (tertiary/aromatic N) is 6. The van der Waals surface area contributed by atoms with Gasteiger partial charge in [-0.2, -0.15) is 9.40 Å². The lowest BCUT2D eigenvalue weighted by atomic mass is 10.1. The number of carbonyl (C=O) groups excluding carboxylic acids is 1. The fraction of sp³-hybridized carbons (Fsp3) is 0.600. The first-order valence-corrected chi connectivity index (χ1v) is 17.1. The van der Waals surface area contributed by atoms with Crippen LogP contribution in [0.4, 0.5) is 0 Å².